The molecule has 0 N–H and O–H groups in total. The lowest BCUT2D eigenvalue weighted by molar-refractivity contribution is 0.869. The third-order valence-electron chi connectivity index (χ3n) is 2.14. The number of alkyl halides is 1. The Morgan fingerprint density at radius 2 is 2.29 bits per heavy atom. The number of aryl methyl sites for hydroxylation is 1. The minimum Gasteiger partial charge on any atom is -0.241 e. The molecule has 0 fully saturated rings. The number of halogens is 1. The van der Waals surface area contributed by atoms with Gasteiger partial charge in [-0.25, -0.2) is 4.68 Å². The topological polar surface area (TPSA) is 17.8 Å². The Labute approximate surface area is 88.1 Å². The van der Waals surface area contributed by atoms with E-state index in [1.165, 1.54) is 5.56 Å². The van der Waals surface area contributed by atoms with Gasteiger partial charge in [0, 0.05) is 18.3 Å². The first kappa shape index (κ1) is 9.28. The number of nitrogens with zero attached hydrogens (tertiary/aromatic N) is 2. The minimum absolute atomic E-state index is 0.509. The molecule has 2 nitrogen and oxygen atoms in total. The summed E-state index contributed by atoms with van der Waals surface area (Å²) in [5, 5.41) is 4.19. The van der Waals surface area contributed by atoms with Crippen LogP contribution in [0.4, 0.5) is 0 Å². The summed E-state index contributed by atoms with van der Waals surface area (Å²) in [6, 6.07) is 8.09. The Kier molecular flexibility index (Phi) is 2.55. The Bertz CT molecular complexity index is 421. The van der Waals surface area contributed by atoms with Gasteiger partial charge < -0.3 is 0 Å². The molecule has 0 aliphatic carbocycles. The SMILES string of the molecule is Cc1ccc(CCl)c(-n2cccn2)c1. The molecule has 0 radical (unpaired) electrons. The second-order valence-corrected chi connectivity index (χ2v) is 3.48. The fraction of sp³-hybridized carbons (Fsp3) is 0.182. The zero-order valence-corrected chi connectivity index (χ0v) is 8.70. The molecule has 0 aliphatic heterocycles. The fourth-order valence-electron chi connectivity index (χ4n) is 1.41. The fourth-order valence-corrected chi connectivity index (χ4v) is 1.64. The summed E-state index contributed by atoms with van der Waals surface area (Å²) in [6.07, 6.45) is 3.69. The highest BCUT2D eigenvalue weighted by Crippen LogP contribution is 2.17. The molecule has 0 unspecified atom stereocenters. The van der Waals surface area contributed by atoms with Crippen molar-refractivity contribution in [1.29, 1.82) is 0 Å². The van der Waals surface area contributed by atoms with Crippen LogP contribution in [0.2, 0.25) is 0 Å². The van der Waals surface area contributed by atoms with Crippen molar-refractivity contribution in [3.8, 4) is 5.69 Å². The highest BCUT2D eigenvalue weighted by Gasteiger charge is 2.03. The van der Waals surface area contributed by atoms with Crippen molar-refractivity contribution in [2.75, 3.05) is 0 Å². The first-order chi connectivity index (χ1) is 6.81. The molecule has 3 heteroatoms. The molecule has 2 rings (SSSR count). The van der Waals surface area contributed by atoms with Gasteiger partial charge in [-0.05, 0) is 30.2 Å². The second kappa shape index (κ2) is 3.84. The zero-order chi connectivity index (χ0) is 9.97. The lowest BCUT2D eigenvalue weighted by Gasteiger charge is -2.07. The Balaban J connectivity index is 2.55. The number of rotatable bonds is 2. The van der Waals surface area contributed by atoms with Crippen molar-refractivity contribution < 1.29 is 0 Å². The Morgan fingerprint density at radius 3 is 2.93 bits per heavy atom. The summed E-state index contributed by atoms with van der Waals surface area (Å²) in [6.45, 7) is 2.06. The molecule has 14 heavy (non-hydrogen) atoms. The minimum atomic E-state index is 0.509. The van der Waals surface area contributed by atoms with E-state index in [1.54, 1.807) is 6.20 Å². The molecule has 1 aromatic carbocycles. The molecule has 0 aliphatic rings. The van der Waals surface area contributed by atoms with E-state index in [1.807, 2.05) is 23.0 Å². The second-order valence-electron chi connectivity index (χ2n) is 3.22. The number of hydrogen-bond donors (Lipinski definition) is 0. The van der Waals surface area contributed by atoms with Crippen molar-refractivity contribution >= 4 is 11.6 Å². The average molecular weight is 207 g/mol. The summed E-state index contributed by atoms with van der Waals surface area (Å²) in [4.78, 5) is 0. The predicted molar refractivity (Wildman–Crippen MR) is 57.9 cm³/mol. The van der Waals surface area contributed by atoms with Gasteiger partial charge in [-0.1, -0.05) is 12.1 Å². The first-order valence-corrected chi connectivity index (χ1v) is 5.00. The highest BCUT2D eigenvalue weighted by atomic mass is 35.5. The number of benzene rings is 1. The largest absolute Gasteiger partial charge is 0.241 e. The molecule has 0 atom stereocenters. The van der Waals surface area contributed by atoms with Crippen LogP contribution in [0.5, 0.6) is 0 Å². The van der Waals surface area contributed by atoms with E-state index in [9.17, 15) is 0 Å². The van der Waals surface area contributed by atoms with Crippen LogP contribution in [0.15, 0.2) is 36.7 Å². The maximum absolute atomic E-state index is 5.86. The molecule has 72 valence electrons. The molecule has 0 bridgehead atoms. The van der Waals surface area contributed by atoms with Crippen molar-refractivity contribution in [3.63, 3.8) is 0 Å². The van der Waals surface area contributed by atoms with E-state index in [0.717, 1.165) is 11.3 Å². The van der Waals surface area contributed by atoms with Gasteiger partial charge in [0.25, 0.3) is 0 Å². The molecule has 0 amide bonds. The van der Waals surface area contributed by atoms with Gasteiger partial charge >= 0.3 is 0 Å². The smallest absolute Gasteiger partial charge is 0.0692 e. The van der Waals surface area contributed by atoms with Gasteiger partial charge in [0.1, 0.15) is 0 Å². The maximum atomic E-state index is 5.86. The normalized spacial score (nSPS) is 10.4. The van der Waals surface area contributed by atoms with E-state index in [4.69, 9.17) is 11.6 Å². The van der Waals surface area contributed by atoms with Crippen LogP contribution in [-0.4, -0.2) is 9.78 Å². The summed E-state index contributed by atoms with van der Waals surface area (Å²) in [5.74, 6) is 0.509. The van der Waals surface area contributed by atoms with E-state index in [2.05, 4.69) is 24.2 Å². The van der Waals surface area contributed by atoms with Gasteiger partial charge in [0.15, 0.2) is 0 Å². The summed E-state index contributed by atoms with van der Waals surface area (Å²) in [7, 11) is 0. The van der Waals surface area contributed by atoms with Crippen LogP contribution in [0.1, 0.15) is 11.1 Å². The molecule has 0 spiro atoms. The zero-order valence-electron chi connectivity index (χ0n) is 7.94. The number of aromatic nitrogens is 2. The monoisotopic (exact) mass is 206 g/mol. The van der Waals surface area contributed by atoms with Crippen molar-refractivity contribution in [3.05, 3.63) is 47.8 Å². The molecule has 1 aromatic heterocycles. The lowest BCUT2D eigenvalue weighted by atomic mass is 10.1. The standard InChI is InChI=1S/C11H11ClN2/c1-9-3-4-10(8-12)11(7-9)14-6-2-5-13-14/h2-7H,8H2,1H3. The first-order valence-electron chi connectivity index (χ1n) is 4.47. The van der Waals surface area contributed by atoms with Crippen molar-refractivity contribution in [2.24, 2.45) is 0 Å². The van der Waals surface area contributed by atoms with Crippen LogP contribution in [-0.2, 0) is 5.88 Å². The van der Waals surface area contributed by atoms with Gasteiger partial charge in [-0.3, -0.25) is 0 Å². The van der Waals surface area contributed by atoms with Crippen LogP contribution in [0, 0.1) is 6.92 Å². The van der Waals surface area contributed by atoms with Crippen LogP contribution in [0.3, 0.4) is 0 Å². The summed E-state index contributed by atoms with van der Waals surface area (Å²) >= 11 is 5.86. The third kappa shape index (κ3) is 1.66. The summed E-state index contributed by atoms with van der Waals surface area (Å²) in [5.41, 5.74) is 3.37. The van der Waals surface area contributed by atoms with Gasteiger partial charge in [-0.15, -0.1) is 11.6 Å². The van der Waals surface area contributed by atoms with E-state index < -0.39 is 0 Å². The van der Waals surface area contributed by atoms with E-state index in [-0.39, 0.29) is 0 Å². The molecule has 1 heterocycles. The van der Waals surface area contributed by atoms with Gasteiger partial charge in [-0.2, -0.15) is 5.10 Å². The Morgan fingerprint density at radius 1 is 1.43 bits per heavy atom. The van der Waals surface area contributed by atoms with Crippen LogP contribution in [0.25, 0.3) is 5.69 Å². The molecule has 0 saturated heterocycles. The molecular weight excluding hydrogens is 196 g/mol. The maximum Gasteiger partial charge on any atom is 0.0692 e. The summed E-state index contributed by atoms with van der Waals surface area (Å²) < 4.78 is 1.84. The highest BCUT2D eigenvalue weighted by molar-refractivity contribution is 6.17. The average Bonchev–Trinajstić information content (AvgIpc) is 2.70. The lowest BCUT2D eigenvalue weighted by Crippen LogP contribution is -1.99. The molecule has 0 saturated carbocycles. The van der Waals surface area contributed by atoms with Crippen LogP contribution < -0.4 is 0 Å². The molecular formula is C11H11ClN2. The molecule has 2 aromatic rings. The third-order valence-corrected chi connectivity index (χ3v) is 2.42. The quantitative estimate of drug-likeness (QED) is 0.691. The van der Waals surface area contributed by atoms with Crippen molar-refractivity contribution in [1.82, 2.24) is 9.78 Å². The van der Waals surface area contributed by atoms with Gasteiger partial charge in [0.05, 0.1) is 5.69 Å². The van der Waals surface area contributed by atoms with Crippen LogP contribution >= 0.6 is 11.6 Å². The van der Waals surface area contributed by atoms with Gasteiger partial charge in [0.2, 0.25) is 0 Å². The number of hydrogen-bond acceptors (Lipinski definition) is 1. The van der Waals surface area contributed by atoms with E-state index in [0.29, 0.717) is 5.88 Å². The van der Waals surface area contributed by atoms with Crippen molar-refractivity contribution in [2.45, 2.75) is 12.8 Å². The predicted octanol–water partition coefficient (Wildman–Crippen LogP) is 2.92. The van der Waals surface area contributed by atoms with E-state index >= 15 is 0 Å². The Hall–Kier alpha value is -1.28.